The lowest BCUT2D eigenvalue weighted by atomic mass is 9.98. The van der Waals surface area contributed by atoms with E-state index in [1.807, 2.05) is 12.3 Å². The van der Waals surface area contributed by atoms with E-state index >= 15 is 0 Å². The average molecular weight is 365 g/mol. The lowest BCUT2D eigenvalue weighted by Crippen LogP contribution is -2.44. The number of hydrogen-bond acceptors (Lipinski definition) is 5. The van der Waals surface area contributed by atoms with Gasteiger partial charge in [0.1, 0.15) is 11.4 Å². The van der Waals surface area contributed by atoms with Crippen molar-refractivity contribution in [3.8, 4) is 0 Å². The van der Waals surface area contributed by atoms with Crippen LogP contribution >= 0.6 is 11.3 Å². The van der Waals surface area contributed by atoms with Gasteiger partial charge in [0.15, 0.2) is 5.96 Å². The summed E-state index contributed by atoms with van der Waals surface area (Å²) in [5.41, 5.74) is -0.110. The first-order valence-corrected chi connectivity index (χ1v) is 9.34. The monoisotopic (exact) mass is 364 g/mol. The highest BCUT2D eigenvalue weighted by molar-refractivity contribution is 7.09. The fourth-order valence-corrected chi connectivity index (χ4v) is 3.05. The molecule has 0 spiro atoms. The molecule has 0 aromatic carbocycles. The van der Waals surface area contributed by atoms with Crippen LogP contribution in [0.4, 0.5) is 0 Å². The standard InChI is InChI=1S/C18H28N4O2S/c1-6-19-16(21-12-18(5,23)14-8-7-9-24-14)20-10-13-11-25-15(22-13)17(2,3)4/h7-9,11,23H,6,10,12H2,1-5H3,(H2,19,20,21). The van der Waals surface area contributed by atoms with E-state index in [4.69, 9.17) is 4.42 Å². The lowest BCUT2D eigenvalue weighted by molar-refractivity contribution is 0.0386. The number of aliphatic imine (C=N–C) groups is 1. The van der Waals surface area contributed by atoms with Gasteiger partial charge >= 0.3 is 0 Å². The normalized spacial score (nSPS) is 15.0. The molecule has 0 aliphatic heterocycles. The second-order valence-electron chi connectivity index (χ2n) is 7.19. The largest absolute Gasteiger partial charge is 0.466 e. The molecule has 6 nitrogen and oxygen atoms in total. The van der Waals surface area contributed by atoms with Crippen LogP contribution in [0.1, 0.15) is 51.1 Å². The highest BCUT2D eigenvalue weighted by atomic mass is 32.1. The Morgan fingerprint density at radius 3 is 2.64 bits per heavy atom. The molecule has 0 aliphatic carbocycles. The molecular weight excluding hydrogens is 336 g/mol. The Bertz CT molecular complexity index is 684. The summed E-state index contributed by atoms with van der Waals surface area (Å²) < 4.78 is 5.30. The number of rotatable bonds is 6. The highest BCUT2D eigenvalue weighted by Crippen LogP contribution is 2.25. The van der Waals surface area contributed by atoms with Crippen LogP contribution in [-0.2, 0) is 17.6 Å². The maximum absolute atomic E-state index is 10.5. The van der Waals surface area contributed by atoms with E-state index in [1.165, 1.54) is 0 Å². The minimum Gasteiger partial charge on any atom is -0.466 e. The Hall–Kier alpha value is -1.86. The minimum absolute atomic E-state index is 0.0527. The smallest absolute Gasteiger partial charge is 0.191 e. The lowest BCUT2D eigenvalue weighted by Gasteiger charge is -2.22. The Morgan fingerprint density at radius 2 is 2.08 bits per heavy atom. The van der Waals surface area contributed by atoms with Crippen LogP contribution < -0.4 is 10.6 Å². The number of aromatic nitrogens is 1. The van der Waals surface area contributed by atoms with Crippen molar-refractivity contribution >= 4 is 17.3 Å². The summed E-state index contributed by atoms with van der Waals surface area (Å²) in [4.78, 5) is 9.21. The first-order valence-electron chi connectivity index (χ1n) is 8.46. The second-order valence-corrected chi connectivity index (χ2v) is 8.05. The first-order chi connectivity index (χ1) is 11.7. The van der Waals surface area contributed by atoms with Crippen LogP contribution in [0.2, 0.25) is 0 Å². The molecule has 138 valence electrons. The molecule has 25 heavy (non-hydrogen) atoms. The molecule has 0 bridgehead atoms. The summed E-state index contributed by atoms with van der Waals surface area (Å²) in [6.45, 7) is 11.7. The van der Waals surface area contributed by atoms with E-state index in [0.717, 1.165) is 17.2 Å². The summed E-state index contributed by atoms with van der Waals surface area (Å²) in [6, 6.07) is 3.52. The zero-order valence-corrected chi connectivity index (χ0v) is 16.4. The van der Waals surface area contributed by atoms with Gasteiger partial charge in [-0.3, -0.25) is 0 Å². The van der Waals surface area contributed by atoms with Crippen molar-refractivity contribution in [1.82, 2.24) is 15.6 Å². The van der Waals surface area contributed by atoms with Gasteiger partial charge in [-0.15, -0.1) is 11.3 Å². The number of aliphatic hydroxyl groups is 1. The van der Waals surface area contributed by atoms with Crippen molar-refractivity contribution in [1.29, 1.82) is 0 Å². The summed E-state index contributed by atoms with van der Waals surface area (Å²) >= 11 is 1.66. The molecule has 2 aromatic heterocycles. The van der Waals surface area contributed by atoms with E-state index in [2.05, 4.69) is 41.4 Å². The average Bonchev–Trinajstić information content (AvgIpc) is 3.20. The van der Waals surface area contributed by atoms with Crippen LogP contribution in [0.5, 0.6) is 0 Å². The van der Waals surface area contributed by atoms with Gasteiger partial charge in [-0.05, 0) is 26.0 Å². The highest BCUT2D eigenvalue weighted by Gasteiger charge is 2.26. The number of guanidine groups is 1. The van der Waals surface area contributed by atoms with Crippen LogP contribution in [0.25, 0.3) is 0 Å². The number of furan rings is 1. The third-order valence-corrected chi connectivity index (χ3v) is 4.91. The molecule has 7 heteroatoms. The van der Waals surface area contributed by atoms with Crippen LogP contribution in [-0.4, -0.2) is 29.1 Å². The summed E-state index contributed by atoms with van der Waals surface area (Å²) in [6.07, 6.45) is 1.55. The summed E-state index contributed by atoms with van der Waals surface area (Å²) in [5.74, 6) is 1.16. The van der Waals surface area contributed by atoms with Gasteiger partial charge in [-0.2, -0.15) is 0 Å². The van der Waals surface area contributed by atoms with E-state index in [1.54, 1.807) is 36.7 Å². The maximum Gasteiger partial charge on any atom is 0.191 e. The molecule has 0 saturated heterocycles. The Morgan fingerprint density at radius 1 is 1.32 bits per heavy atom. The van der Waals surface area contributed by atoms with Gasteiger partial charge in [-0.1, -0.05) is 20.8 Å². The van der Waals surface area contributed by atoms with Crippen molar-refractivity contribution in [3.63, 3.8) is 0 Å². The Labute approximate surface area is 153 Å². The van der Waals surface area contributed by atoms with Crippen molar-refractivity contribution in [2.75, 3.05) is 13.1 Å². The summed E-state index contributed by atoms with van der Waals surface area (Å²) in [5, 5.41) is 20.0. The molecule has 2 rings (SSSR count). The van der Waals surface area contributed by atoms with Gasteiger partial charge in [0, 0.05) is 17.3 Å². The van der Waals surface area contributed by atoms with Gasteiger partial charge in [0.25, 0.3) is 0 Å². The Balaban J connectivity index is 2.00. The molecule has 0 radical (unpaired) electrons. The zero-order valence-electron chi connectivity index (χ0n) is 15.6. The van der Waals surface area contributed by atoms with E-state index in [-0.39, 0.29) is 12.0 Å². The predicted molar refractivity (Wildman–Crippen MR) is 102 cm³/mol. The molecule has 2 aromatic rings. The van der Waals surface area contributed by atoms with Gasteiger partial charge in [0.2, 0.25) is 0 Å². The van der Waals surface area contributed by atoms with Crippen LogP contribution in [0, 0.1) is 0 Å². The van der Waals surface area contributed by atoms with Gasteiger partial charge < -0.3 is 20.2 Å². The van der Waals surface area contributed by atoms with Crippen LogP contribution in [0.15, 0.2) is 33.2 Å². The SMILES string of the molecule is CCNC(=NCc1csc(C(C)(C)C)n1)NCC(C)(O)c1ccco1. The molecule has 3 N–H and O–H groups in total. The van der Waals surface area contributed by atoms with E-state index < -0.39 is 5.60 Å². The number of hydrogen-bond donors (Lipinski definition) is 3. The van der Waals surface area contributed by atoms with E-state index in [0.29, 0.717) is 18.3 Å². The molecule has 1 atom stereocenters. The molecule has 1 unspecified atom stereocenters. The molecule has 0 aliphatic rings. The minimum atomic E-state index is -1.11. The fourth-order valence-electron chi connectivity index (χ4n) is 2.15. The fraction of sp³-hybridized carbons (Fsp3) is 0.556. The zero-order chi connectivity index (χ0) is 18.5. The topological polar surface area (TPSA) is 82.7 Å². The predicted octanol–water partition coefficient (Wildman–Crippen LogP) is 3.00. The molecule has 0 saturated carbocycles. The Kier molecular flexibility index (Phi) is 6.24. The number of nitrogens with one attached hydrogen (secondary N) is 2. The second kappa shape index (κ2) is 8.01. The molecule has 0 amide bonds. The van der Waals surface area contributed by atoms with Gasteiger partial charge in [0.05, 0.1) is 30.1 Å². The van der Waals surface area contributed by atoms with Crippen molar-refractivity contribution in [3.05, 3.63) is 40.2 Å². The molecule has 2 heterocycles. The van der Waals surface area contributed by atoms with Crippen molar-refractivity contribution in [2.24, 2.45) is 4.99 Å². The van der Waals surface area contributed by atoms with Crippen molar-refractivity contribution in [2.45, 2.75) is 52.2 Å². The molecular formula is C18H28N4O2S. The van der Waals surface area contributed by atoms with Gasteiger partial charge in [-0.25, -0.2) is 9.98 Å². The third-order valence-electron chi connectivity index (χ3n) is 3.59. The quantitative estimate of drug-likeness (QED) is 0.542. The van der Waals surface area contributed by atoms with E-state index in [9.17, 15) is 5.11 Å². The van der Waals surface area contributed by atoms with Crippen LogP contribution in [0.3, 0.4) is 0 Å². The third kappa shape index (κ3) is 5.57. The summed E-state index contributed by atoms with van der Waals surface area (Å²) in [7, 11) is 0. The molecule has 0 fully saturated rings. The maximum atomic E-state index is 10.5. The van der Waals surface area contributed by atoms with Crippen molar-refractivity contribution < 1.29 is 9.52 Å². The number of thiazole rings is 1. The first kappa shape index (κ1) is 19.5. The number of nitrogens with zero attached hydrogens (tertiary/aromatic N) is 2.